The molecule has 0 aliphatic carbocycles. The number of halogens is 4. The summed E-state index contributed by atoms with van der Waals surface area (Å²) in [7, 11) is 1.48. The number of amides is 1. The summed E-state index contributed by atoms with van der Waals surface area (Å²) in [6, 6.07) is 6.27. The molecule has 0 bridgehead atoms. The van der Waals surface area contributed by atoms with E-state index in [0.717, 1.165) is 10.6 Å². The molecular formula is C18H18ClF3N4OS. The first-order valence-corrected chi connectivity index (χ1v) is 9.37. The van der Waals surface area contributed by atoms with Crippen molar-refractivity contribution in [2.75, 3.05) is 13.6 Å². The Morgan fingerprint density at radius 3 is 2.64 bits per heavy atom. The van der Waals surface area contributed by atoms with E-state index in [9.17, 15) is 18.0 Å². The second-order valence-corrected chi connectivity index (χ2v) is 7.23. The van der Waals surface area contributed by atoms with E-state index in [1.54, 1.807) is 17.6 Å². The molecule has 0 radical (unpaired) electrons. The van der Waals surface area contributed by atoms with E-state index in [2.05, 4.69) is 9.98 Å². The zero-order valence-corrected chi connectivity index (χ0v) is 16.7. The van der Waals surface area contributed by atoms with Crippen LogP contribution in [-0.4, -0.2) is 41.3 Å². The predicted molar refractivity (Wildman–Crippen MR) is 105 cm³/mol. The largest absolute Gasteiger partial charge is 0.430 e. The lowest BCUT2D eigenvalue weighted by Crippen LogP contribution is -2.35. The smallest absolute Gasteiger partial charge is 0.395 e. The van der Waals surface area contributed by atoms with Crippen LogP contribution in [0.5, 0.6) is 0 Å². The predicted octanol–water partition coefficient (Wildman–Crippen LogP) is 4.28. The molecule has 0 saturated heterocycles. The highest BCUT2D eigenvalue weighted by Gasteiger charge is 2.32. The molecular weight excluding hydrogens is 413 g/mol. The Bertz CT molecular complexity index is 908. The van der Waals surface area contributed by atoms with Crippen LogP contribution in [0.4, 0.5) is 18.9 Å². The van der Waals surface area contributed by atoms with E-state index in [1.807, 2.05) is 6.92 Å². The Morgan fingerprint density at radius 2 is 2.07 bits per heavy atom. The lowest BCUT2D eigenvalue weighted by Gasteiger charge is -2.17. The number of aromatic nitrogens is 1. The fourth-order valence-corrected chi connectivity index (χ4v) is 3.12. The third-order valence-electron chi connectivity index (χ3n) is 3.80. The average Bonchev–Trinajstić information content (AvgIpc) is 3.04. The molecule has 0 aliphatic heterocycles. The van der Waals surface area contributed by atoms with Gasteiger partial charge in [-0.2, -0.15) is 13.2 Å². The molecule has 0 unspecified atom stereocenters. The summed E-state index contributed by atoms with van der Waals surface area (Å²) in [5.41, 5.74) is 5.95. The molecule has 0 aliphatic rings. The SMILES string of the molecule is Cc1ncsc1CCN(C)C(=O)C(C=C(N)C(F)(F)F)=Nc1ccccc1Cl. The molecule has 10 heteroatoms. The van der Waals surface area contributed by atoms with Gasteiger partial charge in [-0.3, -0.25) is 4.79 Å². The van der Waals surface area contributed by atoms with E-state index in [0.29, 0.717) is 12.5 Å². The van der Waals surface area contributed by atoms with Gasteiger partial charge in [0.2, 0.25) is 0 Å². The zero-order valence-electron chi connectivity index (χ0n) is 15.1. The van der Waals surface area contributed by atoms with Crippen LogP contribution in [0.2, 0.25) is 5.02 Å². The van der Waals surface area contributed by atoms with Crippen molar-refractivity contribution < 1.29 is 18.0 Å². The minimum Gasteiger partial charge on any atom is -0.395 e. The molecule has 0 spiro atoms. The molecule has 2 rings (SSSR count). The second-order valence-electron chi connectivity index (χ2n) is 5.88. The zero-order chi connectivity index (χ0) is 20.9. The van der Waals surface area contributed by atoms with Crippen molar-refractivity contribution in [2.24, 2.45) is 10.7 Å². The van der Waals surface area contributed by atoms with Gasteiger partial charge in [0.1, 0.15) is 11.4 Å². The third-order valence-corrected chi connectivity index (χ3v) is 5.11. The molecule has 0 fully saturated rings. The number of hydrogen-bond acceptors (Lipinski definition) is 5. The van der Waals surface area contributed by atoms with Gasteiger partial charge in [0, 0.05) is 24.9 Å². The van der Waals surface area contributed by atoms with E-state index in [4.69, 9.17) is 17.3 Å². The van der Waals surface area contributed by atoms with Gasteiger partial charge in [0.15, 0.2) is 0 Å². The first-order chi connectivity index (χ1) is 13.1. The number of allylic oxidation sites excluding steroid dienone is 1. The van der Waals surface area contributed by atoms with Crippen LogP contribution in [0.15, 0.2) is 46.5 Å². The maximum atomic E-state index is 12.9. The summed E-state index contributed by atoms with van der Waals surface area (Å²) < 4.78 is 38.6. The third kappa shape index (κ3) is 5.80. The van der Waals surface area contributed by atoms with E-state index in [1.165, 1.54) is 35.4 Å². The number of para-hydroxylation sites is 1. The van der Waals surface area contributed by atoms with Gasteiger partial charge in [0.25, 0.3) is 5.91 Å². The Hall–Kier alpha value is -2.39. The molecule has 1 aromatic heterocycles. The van der Waals surface area contributed by atoms with Crippen molar-refractivity contribution in [1.29, 1.82) is 0 Å². The summed E-state index contributed by atoms with van der Waals surface area (Å²) in [6.45, 7) is 2.13. The number of thiazole rings is 1. The fourth-order valence-electron chi connectivity index (χ4n) is 2.18. The van der Waals surface area contributed by atoms with E-state index in [-0.39, 0.29) is 17.3 Å². The highest BCUT2D eigenvalue weighted by Crippen LogP contribution is 2.26. The summed E-state index contributed by atoms with van der Waals surface area (Å²) in [4.78, 5) is 23.2. The standard InChI is InChI=1S/C18H18ClF3N4OS/c1-11-15(28-10-24-11)7-8-26(2)17(27)14(9-16(23)18(20,21)22)25-13-6-4-3-5-12(13)19/h3-6,9-10H,7-8,23H2,1-2H3. The van der Waals surface area contributed by atoms with Gasteiger partial charge in [-0.1, -0.05) is 23.7 Å². The molecule has 28 heavy (non-hydrogen) atoms. The number of aryl methyl sites for hydroxylation is 1. The molecule has 1 aromatic carbocycles. The Morgan fingerprint density at radius 1 is 1.39 bits per heavy atom. The highest BCUT2D eigenvalue weighted by molar-refractivity contribution is 7.09. The fraction of sp³-hybridized carbons (Fsp3) is 0.278. The molecule has 0 saturated carbocycles. The second kappa shape index (κ2) is 9.20. The number of rotatable bonds is 6. The highest BCUT2D eigenvalue weighted by atomic mass is 35.5. The Balaban J connectivity index is 2.31. The van der Waals surface area contributed by atoms with Crippen LogP contribution in [-0.2, 0) is 11.2 Å². The van der Waals surface area contributed by atoms with Crippen LogP contribution in [0.25, 0.3) is 0 Å². The number of carbonyl (C=O) groups excluding carboxylic acids is 1. The van der Waals surface area contributed by atoms with Crippen molar-refractivity contribution in [1.82, 2.24) is 9.88 Å². The van der Waals surface area contributed by atoms with Crippen LogP contribution < -0.4 is 5.73 Å². The van der Waals surface area contributed by atoms with Crippen LogP contribution in [0.3, 0.4) is 0 Å². The molecule has 150 valence electrons. The number of nitrogens with zero attached hydrogens (tertiary/aromatic N) is 3. The summed E-state index contributed by atoms with van der Waals surface area (Å²) in [5, 5.41) is 0.203. The maximum Gasteiger partial charge on any atom is 0.430 e. The Kier molecular flexibility index (Phi) is 7.20. The van der Waals surface area contributed by atoms with Gasteiger partial charge in [0.05, 0.1) is 21.9 Å². The maximum absolute atomic E-state index is 12.9. The van der Waals surface area contributed by atoms with Crippen molar-refractivity contribution in [2.45, 2.75) is 19.5 Å². The number of aliphatic imine (C=N–C) groups is 1. The van der Waals surface area contributed by atoms with Crippen molar-refractivity contribution in [3.63, 3.8) is 0 Å². The van der Waals surface area contributed by atoms with Gasteiger partial charge in [-0.05, 0) is 25.1 Å². The van der Waals surface area contributed by atoms with Crippen molar-refractivity contribution in [3.05, 3.63) is 57.1 Å². The van der Waals surface area contributed by atoms with Crippen LogP contribution >= 0.6 is 22.9 Å². The molecule has 2 N–H and O–H groups in total. The number of hydrogen-bond donors (Lipinski definition) is 1. The molecule has 5 nitrogen and oxygen atoms in total. The van der Waals surface area contributed by atoms with Gasteiger partial charge in [-0.15, -0.1) is 11.3 Å². The lowest BCUT2D eigenvalue weighted by atomic mass is 10.2. The van der Waals surface area contributed by atoms with Gasteiger partial charge in [-0.25, -0.2) is 9.98 Å². The van der Waals surface area contributed by atoms with Crippen molar-refractivity contribution >= 4 is 40.2 Å². The molecule has 1 amide bonds. The first-order valence-electron chi connectivity index (χ1n) is 8.11. The summed E-state index contributed by atoms with van der Waals surface area (Å²) in [6.07, 6.45) is -3.73. The lowest BCUT2D eigenvalue weighted by molar-refractivity contribution is -0.122. The first kappa shape index (κ1) is 21.9. The summed E-state index contributed by atoms with van der Waals surface area (Å²) in [5.74, 6) is -0.700. The van der Waals surface area contributed by atoms with Crippen molar-refractivity contribution in [3.8, 4) is 0 Å². The van der Waals surface area contributed by atoms with Crippen LogP contribution in [0.1, 0.15) is 10.6 Å². The monoisotopic (exact) mass is 430 g/mol. The molecule has 2 aromatic rings. The number of benzene rings is 1. The number of likely N-dealkylation sites (N-methyl/N-ethyl adjacent to an activating group) is 1. The quantitative estimate of drug-likeness (QED) is 0.695. The Labute approximate surface area is 169 Å². The number of alkyl halides is 3. The number of nitrogens with two attached hydrogens (primary N) is 1. The van der Waals surface area contributed by atoms with Gasteiger partial charge < -0.3 is 10.6 Å². The van der Waals surface area contributed by atoms with E-state index >= 15 is 0 Å². The average molecular weight is 431 g/mol. The van der Waals surface area contributed by atoms with Crippen LogP contribution in [0, 0.1) is 6.92 Å². The minimum atomic E-state index is -4.78. The molecule has 0 atom stereocenters. The summed E-state index contributed by atoms with van der Waals surface area (Å²) >= 11 is 7.47. The number of carbonyl (C=O) groups is 1. The normalized spacial score (nSPS) is 12.9. The molecule has 1 heterocycles. The van der Waals surface area contributed by atoms with E-state index < -0.39 is 23.5 Å². The minimum absolute atomic E-state index is 0.172. The topological polar surface area (TPSA) is 71.6 Å². The van der Waals surface area contributed by atoms with Gasteiger partial charge >= 0.3 is 6.18 Å².